The van der Waals surface area contributed by atoms with Crippen LogP contribution in [0.2, 0.25) is 5.02 Å². The van der Waals surface area contributed by atoms with Gasteiger partial charge in [-0.1, -0.05) is 53.6 Å². The fourth-order valence-corrected chi connectivity index (χ4v) is 5.82. The van der Waals surface area contributed by atoms with Crippen LogP contribution in [0.1, 0.15) is 37.8 Å². The van der Waals surface area contributed by atoms with Gasteiger partial charge in [-0.15, -0.1) is 11.3 Å². The quantitative estimate of drug-likeness (QED) is 0.578. The predicted molar refractivity (Wildman–Crippen MR) is 127 cm³/mol. The second-order valence-electron chi connectivity index (χ2n) is 8.65. The molecule has 2 amide bonds. The van der Waals surface area contributed by atoms with Crippen molar-refractivity contribution in [1.82, 2.24) is 15.2 Å². The smallest absolute Gasteiger partial charge is 0.274 e. The zero-order chi connectivity index (χ0) is 22.4. The standard InChI is InChI=1S/C25H24ClN3O2S/c1-14-6-5-7-16(10-14)23-22(28-15(2)32-23)25(31)29-13-17-11-19(17)21(29)12-27-24(30)18-8-3-4-9-20(18)26/h3-10,17,19,21H,11-13H2,1-2H3,(H,27,30)/t17-,19?,21+/m0/s1. The van der Waals surface area contributed by atoms with Crippen LogP contribution in [0.5, 0.6) is 0 Å². The summed E-state index contributed by atoms with van der Waals surface area (Å²) in [5, 5.41) is 4.30. The first-order valence-corrected chi connectivity index (χ1v) is 12.0. The minimum Gasteiger partial charge on any atom is -0.350 e. The molecule has 1 aromatic heterocycles. The zero-order valence-electron chi connectivity index (χ0n) is 18.0. The molecule has 5 nitrogen and oxygen atoms in total. The Morgan fingerprint density at radius 2 is 2.00 bits per heavy atom. The second-order valence-corrected chi connectivity index (χ2v) is 10.3. The number of nitrogens with zero attached hydrogens (tertiary/aromatic N) is 2. The number of carbonyl (C=O) groups is 2. The molecule has 5 rings (SSSR count). The van der Waals surface area contributed by atoms with Gasteiger partial charge in [0, 0.05) is 13.1 Å². The lowest BCUT2D eigenvalue weighted by atomic mass is 10.1. The third kappa shape index (κ3) is 3.93. The summed E-state index contributed by atoms with van der Waals surface area (Å²) < 4.78 is 0. The number of rotatable bonds is 5. The Bertz CT molecular complexity index is 1210. The van der Waals surface area contributed by atoms with Crippen molar-refractivity contribution < 1.29 is 9.59 Å². The fraction of sp³-hybridized carbons (Fsp3) is 0.320. The van der Waals surface area contributed by atoms with Crippen molar-refractivity contribution in [2.24, 2.45) is 11.8 Å². The van der Waals surface area contributed by atoms with Crippen molar-refractivity contribution in [2.45, 2.75) is 26.3 Å². The van der Waals surface area contributed by atoms with Gasteiger partial charge in [0.1, 0.15) is 5.69 Å². The molecule has 2 aromatic carbocycles. The number of benzene rings is 2. The summed E-state index contributed by atoms with van der Waals surface area (Å²) >= 11 is 7.72. The number of carbonyl (C=O) groups excluding carboxylic acids is 2. The highest BCUT2D eigenvalue weighted by molar-refractivity contribution is 7.15. The summed E-state index contributed by atoms with van der Waals surface area (Å²) in [5.41, 5.74) is 3.14. The molecular formula is C25H24ClN3O2S. The Balaban J connectivity index is 1.36. The minimum absolute atomic E-state index is 0.0219. The van der Waals surface area contributed by atoms with Crippen LogP contribution < -0.4 is 5.32 Å². The van der Waals surface area contributed by atoms with Gasteiger partial charge in [-0.2, -0.15) is 0 Å². The van der Waals surface area contributed by atoms with Crippen LogP contribution in [0.3, 0.4) is 0 Å². The topological polar surface area (TPSA) is 62.3 Å². The van der Waals surface area contributed by atoms with E-state index in [1.54, 1.807) is 35.6 Å². The third-order valence-electron chi connectivity index (χ3n) is 6.37. The summed E-state index contributed by atoms with van der Waals surface area (Å²) in [4.78, 5) is 33.7. The largest absolute Gasteiger partial charge is 0.350 e. The molecule has 1 unspecified atom stereocenters. The van der Waals surface area contributed by atoms with Gasteiger partial charge in [-0.05, 0) is 49.8 Å². The van der Waals surface area contributed by atoms with Gasteiger partial charge in [0.15, 0.2) is 0 Å². The van der Waals surface area contributed by atoms with Crippen molar-refractivity contribution in [2.75, 3.05) is 13.1 Å². The highest BCUT2D eigenvalue weighted by Crippen LogP contribution is 2.50. The zero-order valence-corrected chi connectivity index (χ0v) is 19.5. The van der Waals surface area contributed by atoms with Crippen LogP contribution in [0, 0.1) is 25.7 Å². The Labute approximate surface area is 196 Å². The highest BCUT2D eigenvalue weighted by Gasteiger charge is 2.54. The summed E-state index contributed by atoms with van der Waals surface area (Å²) in [7, 11) is 0. The van der Waals surface area contributed by atoms with Gasteiger partial charge in [-0.25, -0.2) is 4.98 Å². The molecule has 1 saturated carbocycles. The molecule has 0 bridgehead atoms. The van der Waals surface area contributed by atoms with Gasteiger partial charge in [-0.3, -0.25) is 9.59 Å². The third-order valence-corrected chi connectivity index (χ3v) is 7.72. The lowest BCUT2D eigenvalue weighted by molar-refractivity contribution is 0.0690. The maximum atomic E-state index is 13.6. The van der Waals surface area contributed by atoms with E-state index in [4.69, 9.17) is 11.6 Å². The first-order valence-electron chi connectivity index (χ1n) is 10.8. The molecular weight excluding hydrogens is 442 g/mol. The average Bonchev–Trinajstić information content (AvgIpc) is 3.28. The Kier molecular flexibility index (Phi) is 5.51. The minimum atomic E-state index is -0.211. The number of hydrogen-bond acceptors (Lipinski definition) is 4. The van der Waals surface area contributed by atoms with Crippen molar-refractivity contribution in [1.29, 1.82) is 0 Å². The number of likely N-dealkylation sites (tertiary alicyclic amines) is 1. The molecule has 1 aliphatic heterocycles. The van der Waals surface area contributed by atoms with Gasteiger partial charge in [0.25, 0.3) is 11.8 Å². The summed E-state index contributed by atoms with van der Waals surface area (Å²) in [6.07, 6.45) is 1.11. The maximum absolute atomic E-state index is 13.6. The van der Waals surface area contributed by atoms with Gasteiger partial charge in [0.05, 0.1) is 26.5 Å². The van der Waals surface area contributed by atoms with E-state index in [1.165, 1.54) is 0 Å². The molecule has 1 saturated heterocycles. The van der Waals surface area contributed by atoms with Crippen LogP contribution in [0.15, 0.2) is 48.5 Å². The molecule has 1 aliphatic carbocycles. The molecule has 0 radical (unpaired) electrons. The van der Waals surface area contributed by atoms with Gasteiger partial charge < -0.3 is 10.2 Å². The van der Waals surface area contributed by atoms with E-state index in [9.17, 15) is 9.59 Å². The fourth-order valence-electron chi connectivity index (χ4n) is 4.69. The Morgan fingerprint density at radius 1 is 1.19 bits per heavy atom. The van der Waals surface area contributed by atoms with E-state index in [-0.39, 0.29) is 17.9 Å². The summed E-state index contributed by atoms with van der Waals surface area (Å²) in [6.45, 7) is 5.12. The molecule has 0 spiro atoms. The van der Waals surface area contributed by atoms with E-state index in [0.717, 1.165) is 34.0 Å². The number of thiazole rings is 1. The SMILES string of the molecule is Cc1cccc(-c2sc(C)nc2C(=O)N2C[C@@H]3CC3[C@H]2CNC(=O)c2ccccc2Cl)c1. The maximum Gasteiger partial charge on any atom is 0.274 e. The monoisotopic (exact) mass is 465 g/mol. The molecule has 1 N–H and O–H groups in total. The number of halogens is 1. The van der Waals surface area contributed by atoms with Gasteiger partial charge >= 0.3 is 0 Å². The van der Waals surface area contributed by atoms with Crippen LogP contribution in [0.4, 0.5) is 0 Å². The van der Waals surface area contributed by atoms with Crippen LogP contribution in [-0.4, -0.2) is 40.8 Å². The summed E-state index contributed by atoms with van der Waals surface area (Å²) in [6, 6.07) is 15.2. The van der Waals surface area contributed by atoms with E-state index < -0.39 is 0 Å². The highest BCUT2D eigenvalue weighted by atomic mass is 35.5. The number of fused-ring (bicyclic) bond motifs is 1. The second kappa shape index (κ2) is 8.34. The molecule has 3 aromatic rings. The number of aryl methyl sites for hydroxylation is 2. The molecule has 2 heterocycles. The Morgan fingerprint density at radius 3 is 2.78 bits per heavy atom. The van der Waals surface area contributed by atoms with Crippen molar-refractivity contribution in [3.05, 3.63) is 75.4 Å². The predicted octanol–water partition coefficient (Wildman–Crippen LogP) is 4.97. The molecule has 32 heavy (non-hydrogen) atoms. The average molecular weight is 466 g/mol. The first kappa shape index (κ1) is 21.2. The summed E-state index contributed by atoms with van der Waals surface area (Å²) in [5.74, 6) is 0.697. The van der Waals surface area contributed by atoms with E-state index >= 15 is 0 Å². The molecule has 164 valence electrons. The molecule has 2 fully saturated rings. The van der Waals surface area contributed by atoms with E-state index in [0.29, 0.717) is 34.7 Å². The normalized spacial score (nSPS) is 21.3. The Hall–Kier alpha value is -2.70. The molecule has 7 heteroatoms. The van der Waals surface area contributed by atoms with Crippen molar-refractivity contribution in [3.8, 4) is 10.4 Å². The number of nitrogens with one attached hydrogen (secondary N) is 1. The number of piperidine rings is 1. The molecule has 2 aliphatic rings. The first-order chi connectivity index (χ1) is 15.4. The van der Waals surface area contributed by atoms with E-state index in [1.807, 2.05) is 36.9 Å². The van der Waals surface area contributed by atoms with Crippen LogP contribution in [0.25, 0.3) is 10.4 Å². The molecule has 3 atom stereocenters. The number of aromatic nitrogens is 1. The van der Waals surface area contributed by atoms with E-state index in [2.05, 4.69) is 16.4 Å². The number of hydrogen-bond donors (Lipinski definition) is 1. The number of amides is 2. The lowest BCUT2D eigenvalue weighted by Gasteiger charge is -2.27. The van der Waals surface area contributed by atoms with Crippen LogP contribution >= 0.6 is 22.9 Å². The van der Waals surface area contributed by atoms with Crippen molar-refractivity contribution >= 4 is 34.8 Å². The van der Waals surface area contributed by atoms with Crippen molar-refractivity contribution in [3.63, 3.8) is 0 Å². The lowest BCUT2D eigenvalue weighted by Crippen LogP contribution is -2.45. The van der Waals surface area contributed by atoms with Gasteiger partial charge in [0.2, 0.25) is 0 Å². The van der Waals surface area contributed by atoms with Crippen LogP contribution in [-0.2, 0) is 0 Å².